The van der Waals surface area contributed by atoms with Gasteiger partial charge >= 0.3 is 6.09 Å². The lowest BCUT2D eigenvalue weighted by molar-refractivity contribution is 0.0559. The monoisotopic (exact) mass is 338 g/mol. The molecule has 1 aliphatic heterocycles. The minimum atomic E-state index is -2.09. The molecular formula is C17H26N2O3S. The fourth-order valence-corrected chi connectivity index (χ4v) is 3.35. The van der Waals surface area contributed by atoms with E-state index in [2.05, 4.69) is 4.36 Å². The minimum Gasteiger partial charge on any atom is -0.445 e. The van der Waals surface area contributed by atoms with Gasteiger partial charge in [0, 0.05) is 34.8 Å². The SMILES string of the molecule is CC1C(CN=S(C)(C)=O)CCCN1C(=O)OCc1ccccc1. The van der Waals surface area contributed by atoms with Gasteiger partial charge in [0.1, 0.15) is 6.61 Å². The Balaban J connectivity index is 1.93. The molecule has 0 aliphatic carbocycles. The topological polar surface area (TPSA) is 59.0 Å². The maximum absolute atomic E-state index is 12.3. The van der Waals surface area contributed by atoms with E-state index in [0.29, 0.717) is 13.1 Å². The second-order valence-corrected chi connectivity index (χ2v) is 8.99. The van der Waals surface area contributed by atoms with Crippen molar-refractivity contribution in [2.45, 2.75) is 32.4 Å². The molecule has 1 amide bonds. The van der Waals surface area contributed by atoms with Crippen LogP contribution < -0.4 is 0 Å². The predicted octanol–water partition coefficient (Wildman–Crippen LogP) is 3.15. The first kappa shape index (κ1) is 17.8. The zero-order chi connectivity index (χ0) is 16.9. The van der Waals surface area contributed by atoms with Gasteiger partial charge in [-0.2, -0.15) is 0 Å². The highest BCUT2D eigenvalue weighted by molar-refractivity contribution is 7.92. The van der Waals surface area contributed by atoms with Crippen molar-refractivity contribution in [3.05, 3.63) is 35.9 Å². The molecule has 0 radical (unpaired) electrons. The molecule has 1 heterocycles. The number of nitrogens with zero attached hydrogens (tertiary/aromatic N) is 2. The van der Waals surface area contributed by atoms with Gasteiger partial charge in [-0.3, -0.25) is 4.21 Å². The van der Waals surface area contributed by atoms with Crippen molar-refractivity contribution in [2.75, 3.05) is 25.6 Å². The van der Waals surface area contributed by atoms with Crippen LogP contribution in [0.15, 0.2) is 34.7 Å². The second kappa shape index (κ2) is 7.81. The molecule has 2 unspecified atom stereocenters. The zero-order valence-corrected chi connectivity index (χ0v) is 14.9. The van der Waals surface area contributed by atoms with Crippen LogP contribution in [0, 0.1) is 5.92 Å². The average Bonchev–Trinajstić information content (AvgIpc) is 2.52. The van der Waals surface area contributed by atoms with Gasteiger partial charge in [0.25, 0.3) is 0 Å². The maximum Gasteiger partial charge on any atom is 0.410 e. The fourth-order valence-electron chi connectivity index (χ4n) is 2.80. The number of benzene rings is 1. The van der Waals surface area contributed by atoms with Crippen molar-refractivity contribution in [1.29, 1.82) is 0 Å². The molecule has 0 N–H and O–H groups in total. The summed E-state index contributed by atoms with van der Waals surface area (Å²) in [6.07, 6.45) is 4.95. The Morgan fingerprint density at radius 1 is 1.35 bits per heavy atom. The van der Waals surface area contributed by atoms with Gasteiger partial charge in [0.2, 0.25) is 0 Å². The number of piperidine rings is 1. The van der Waals surface area contributed by atoms with E-state index in [1.54, 1.807) is 17.4 Å². The molecular weight excluding hydrogens is 312 g/mol. The molecule has 6 heteroatoms. The third-order valence-corrected chi connectivity index (χ3v) is 4.98. The van der Waals surface area contributed by atoms with Gasteiger partial charge in [-0.05, 0) is 31.2 Å². The van der Waals surface area contributed by atoms with Crippen molar-refractivity contribution in [2.24, 2.45) is 10.3 Å². The lowest BCUT2D eigenvalue weighted by atomic mass is 9.91. The van der Waals surface area contributed by atoms with E-state index >= 15 is 0 Å². The summed E-state index contributed by atoms with van der Waals surface area (Å²) in [4.78, 5) is 14.1. The van der Waals surface area contributed by atoms with E-state index in [4.69, 9.17) is 4.74 Å². The standard InChI is InChI=1S/C17H26N2O3S/c1-14-16(12-18-23(2,3)21)10-7-11-19(14)17(20)22-13-15-8-5-4-6-9-15/h4-6,8-9,14,16H,7,10-13H2,1-3H3. The molecule has 1 aromatic rings. The molecule has 1 aromatic carbocycles. The Morgan fingerprint density at radius 2 is 2.04 bits per heavy atom. The summed E-state index contributed by atoms with van der Waals surface area (Å²) in [5, 5.41) is 0. The Kier molecular flexibility index (Phi) is 6.04. The summed E-state index contributed by atoms with van der Waals surface area (Å²) in [7, 11) is -2.09. The number of ether oxygens (including phenoxy) is 1. The molecule has 23 heavy (non-hydrogen) atoms. The first-order valence-electron chi connectivity index (χ1n) is 7.97. The van der Waals surface area contributed by atoms with Crippen LogP contribution in [0.5, 0.6) is 0 Å². The number of hydrogen-bond donors (Lipinski definition) is 0. The van der Waals surface area contributed by atoms with Gasteiger partial charge in [0.05, 0.1) is 6.54 Å². The largest absolute Gasteiger partial charge is 0.445 e. The van der Waals surface area contributed by atoms with Crippen LogP contribution >= 0.6 is 0 Å². The van der Waals surface area contributed by atoms with E-state index in [9.17, 15) is 9.00 Å². The molecule has 0 saturated carbocycles. The van der Waals surface area contributed by atoms with Crippen molar-refractivity contribution < 1.29 is 13.7 Å². The number of amides is 1. The van der Waals surface area contributed by atoms with Gasteiger partial charge in [-0.25, -0.2) is 9.16 Å². The predicted molar refractivity (Wildman–Crippen MR) is 92.8 cm³/mol. The zero-order valence-electron chi connectivity index (χ0n) is 14.1. The summed E-state index contributed by atoms with van der Waals surface area (Å²) < 4.78 is 21.4. The summed E-state index contributed by atoms with van der Waals surface area (Å²) in [6.45, 7) is 3.56. The van der Waals surface area contributed by atoms with Crippen LogP contribution in [0.3, 0.4) is 0 Å². The quantitative estimate of drug-likeness (QED) is 0.847. The van der Waals surface area contributed by atoms with Gasteiger partial charge in [-0.15, -0.1) is 0 Å². The fraction of sp³-hybridized carbons (Fsp3) is 0.588. The Bertz CT molecular complexity index is 630. The van der Waals surface area contributed by atoms with Crippen LogP contribution in [-0.4, -0.2) is 46.8 Å². The van der Waals surface area contributed by atoms with Crippen molar-refractivity contribution in [3.63, 3.8) is 0 Å². The third-order valence-electron chi connectivity index (χ3n) is 4.21. The minimum absolute atomic E-state index is 0.0533. The van der Waals surface area contributed by atoms with Crippen molar-refractivity contribution in [3.8, 4) is 0 Å². The van der Waals surface area contributed by atoms with Crippen LogP contribution in [0.25, 0.3) is 0 Å². The first-order valence-corrected chi connectivity index (χ1v) is 10.3. The number of carbonyl (C=O) groups excluding carboxylic acids is 1. The summed E-state index contributed by atoms with van der Waals surface area (Å²) in [5.74, 6) is 0.244. The summed E-state index contributed by atoms with van der Waals surface area (Å²) in [5.41, 5.74) is 0.980. The highest BCUT2D eigenvalue weighted by Gasteiger charge is 2.31. The number of likely N-dealkylation sites (tertiary alicyclic amines) is 1. The first-order chi connectivity index (χ1) is 10.9. The smallest absolute Gasteiger partial charge is 0.410 e. The number of carbonyl (C=O) groups is 1. The Labute approximate surface area is 139 Å². The van der Waals surface area contributed by atoms with Gasteiger partial charge < -0.3 is 9.64 Å². The van der Waals surface area contributed by atoms with E-state index in [1.807, 2.05) is 37.3 Å². The van der Waals surface area contributed by atoms with E-state index in [-0.39, 0.29) is 24.7 Å². The normalized spacial score (nSPS) is 21.8. The van der Waals surface area contributed by atoms with Gasteiger partial charge in [-0.1, -0.05) is 30.3 Å². The van der Waals surface area contributed by atoms with E-state index in [1.165, 1.54) is 0 Å². The lowest BCUT2D eigenvalue weighted by Gasteiger charge is -2.38. The highest BCUT2D eigenvalue weighted by Crippen LogP contribution is 2.25. The molecule has 0 bridgehead atoms. The Morgan fingerprint density at radius 3 is 2.70 bits per heavy atom. The van der Waals surface area contributed by atoms with Crippen LogP contribution in [0.4, 0.5) is 4.79 Å². The Hall–Kier alpha value is -1.56. The molecule has 0 aromatic heterocycles. The summed E-state index contributed by atoms with van der Waals surface area (Å²) >= 11 is 0. The third kappa shape index (κ3) is 5.53. The van der Waals surface area contributed by atoms with Crippen LogP contribution in [0.2, 0.25) is 0 Å². The average molecular weight is 338 g/mol. The molecule has 1 saturated heterocycles. The molecule has 1 fully saturated rings. The van der Waals surface area contributed by atoms with E-state index < -0.39 is 9.73 Å². The molecule has 5 nitrogen and oxygen atoms in total. The summed E-state index contributed by atoms with van der Waals surface area (Å²) in [6, 6.07) is 9.72. The van der Waals surface area contributed by atoms with Crippen molar-refractivity contribution in [1.82, 2.24) is 4.90 Å². The van der Waals surface area contributed by atoms with Crippen molar-refractivity contribution >= 4 is 15.8 Å². The molecule has 2 atom stereocenters. The second-order valence-electron chi connectivity index (χ2n) is 6.37. The van der Waals surface area contributed by atoms with Gasteiger partial charge in [0.15, 0.2) is 0 Å². The number of rotatable bonds is 4. The molecule has 1 aliphatic rings. The van der Waals surface area contributed by atoms with Crippen LogP contribution in [-0.2, 0) is 21.1 Å². The molecule has 2 rings (SSSR count). The van der Waals surface area contributed by atoms with E-state index in [0.717, 1.165) is 18.4 Å². The van der Waals surface area contributed by atoms with Crippen LogP contribution in [0.1, 0.15) is 25.3 Å². The highest BCUT2D eigenvalue weighted by atomic mass is 32.2. The molecule has 0 spiro atoms. The lowest BCUT2D eigenvalue weighted by Crippen LogP contribution is -2.47. The number of hydrogen-bond acceptors (Lipinski definition) is 4. The molecule has 128 valence electrons. The maximum atomic E-state index is 12.3.